The molecule has 0 aromatic heterocycles. The van der Waals surface area contributed by atoms with Crippen LogP contribution in [0.3, 0.4) is 0 Å². The van der Waals surface area contributed by atoms with Crippen molar-refractivity contribution in [2.75, 3.05) is 32.8 Å². The number of hydrogen-bond donors (Lipinski definition) is 2. The van der Waals surface area contributed by atoms with Gasteiger partial charge in [0.15, 0.2) is 0 Å². The van der Waals surface area contributed by atoms with Crippen molar-refractivity contribution in [3.63, 3.8) is 0 Å². The zero-order valence-electron chi connectivity index (χ0n) is 6.81. The van der Waals surface area contributed by atoms with Crippen LogP contribution in [0.1, 0.15) is 6.42 Å². The standard InChI is InChI=1S/C8H16N2O/c1(7-3-9-4-7)2-10-8-5-11-6-8/h7-10H,1-6H2. The number of ether oxygens (including phenoxy) is 1. The van der Waals surface area contributed by atoms with E-state index in [2.05, 4.69) is 10.6 Å². The Labute approximate surface area is 67.5 Å². The van der Waals surface area contributed by atoms with Gasteiger partial charge in [0.1, 0.15) is 0 Å². The van der Waals surface area contributed by atoms with Gasteiger partial charge in [-0.25, -0.2) is 0 Å². The second kappa shape index (κ2) is 3.52. The van der Waals surface area contributed by atoms with Gasteiger partial charge in [0.2, 0.25) is 0 Å². The molecular formula is C8H16N2O. The maximum Gasteiger partial charge on any atom is 0.0643 e. The van der Waals surface area contributed by atoms with Crippen LogP contribution in [-0.2, 0) is 4.74 Å². The van der Waals surface area contributed by atoms with E-state index in [0.717, 1.165) is 19.1 Å². The quantitative estimate of drug-likeness (QED) is 0.580. The molecule has 0 radical (unpaired) electrons. The first kappa shape index (κ1) is 7.53. The zero-order chi connectivity index (χ0) is 7.52. The monoisotopic (exact) mass is 156 g/mol. The predicted octanol–water partition coefficient (Wildman–Crippen LogP) is -0.416. The van der Waals surface area contributed by atoms with Gasteiger partial charge in [0.25, 0.3) is 0 Å². The van der Waals surface area contributed by atoms with E-state index < -0.39 is 0 Å². The number of nitrogens with one attached hydrogen (secondary N) is 2. The van der Waals surface area contributed by atoms with Crippen molar-refractivity contribution in [1.82, 2.24) is 10.6 Å². The largest absolute Gasteiger partial charge is 0.378 e. The Kier molecular flexibility index (Phi) is 2.41. The van der Waals surface area contributed by atoms with Gasteiger partial charge in [-0.3, -0.25) is 0 Å². The van der Waals surface area contributed by atoms with Crippen LogP contribution in [-0.4, -0.2) is 38.9 Å². The fourth-order valence-electron chi connectivity index (χ4n) is 1.40. The van der Waals surface area contributed by atoms with Gasteiger partial charge in [-0.05, 0) is 32.0 Å². The average Bonchev–Trinajstić information content (AvgIpc) is 1.79. The third-order valence-corrected chi connectivity index (χ3v) is 2.49. The van der Waals surface area contributed by atoms with E-state index in [9.17, 15) is 0 Å². The summed E-state index contributed by atoms with van der Waals surface area (Å²) in [5.41, 5.74) is 0. The highest BCUT2D eigenvalue weighted by atomic mass is 16.5. The molecule has 0 atom stereocenters. The molecule has 3 heteroatoms. The Hall–Kier alpha value is -0.120. The van der Waals surface area contributed by atoms with Crippen molar-refractivity contribution >= 4 is 0 Å². The van der Waals surface area contributed by atoms with Crippen molar-refractivity contribution in [2.45, 2.75) is 12.5 Å². The average molecular weight is 156 g/mol. The summed E-state index contributed by atoms with van der Waals surface area (Å²) in [5, 5.41) is 6.74. The van der Waals surface area contributed by atoms with Crippen molar-refractivity contribution in [2.24, 2.45) is 5.92 Å². The predicted molar refractivity (Wildman–Crippen MR) is 43.6 cm³/mol. The maximum atomic E-state index is 5.06. The van der Waals surface area contributed by atoms with Gasteiger partial charge in [-0.1, -0.05) is 0 Å². The van der Waals surface area contributed by atoms with E-state index in [1.54, 1.807) is 0 Å². The molecule has 0 amide bonds. The Morgan fingerprint density at radius 1 is 1.36 bits per heavy atom. The molecule has 3 nitrogen and oxygen atoms in total. The fourth-order valence-corrected chi connectivity index (χ4v) is 1.40. The summed E-state index contributed by atoms with van der Waals surface area (Å²) in [5.74, 6) is 0.934. The molecule has 0 aromatic carbocycles. The first-order chi connectivity index (χ1) is 5.45. The van der Waals surface area contributed by atoms with E-state index in [1.165, 1.54) is 26.1 Å². The van der Waals surface area contributed by atoms with E-state index in [1.807, 2.05) is 0 Å². The zero-order valence-corrected chi connectivity index (χ0v) is 6.81. The van der Waals surface area contributed by atoms with E-state index in [0.29, 0.717) is 6.04 Å². The second-order valence-corrected chi connectivity index (χ2v) is 3.50. The molecule has 0 aliphatic carbocycles. The topological polar surface area (TPSA) is 33.3 Å². The van der Waals surface area contributed by atoms with Crippen LogP contribution >= 0.6 is 0 Å². The van der Waals surface area contributed by atoms with Crippen LogP contribution in [0, 0.1) is 5.92 Å². The van der Waals surface area contributed by atoms with E-state index in [4.69, 9.17) is 4.74 Å². The number of hydrogen-bond acceptors (Lipinski definition) is 3. The van der Waals surface area contributed by atoms with Crippen LogP contribution < -0.4 is 10.6 Å². The van der Waals surface area contributed by atoms with Crippen LogP contribution in [0.5, 0.6) is 0 Å². The minimum absolute atomic E-state index is 0.656. The van der Waals surface area contributed by atoms with Gasteiger partial charge in [-0.2, -0.15) is 0 Å². The smallest absolute Gasteiger partial charge is 0.0643 e. The summed E-state index contributed by atoms with van der Waals surface area (Å²) in [6.45, 7) is 5.46. The molecule has 0 unspecified atom stereocenters. The molecule has 2 aliphatic heterocycles. The molecule has 0 spiro atoms. The summed E-state index contributed by atoms with van der Waals surface area (Å²) in [4.78, 5) is 0. The molecule has 0 saturated carbocycles. The normalized spacial score (nSPS) is 26.2. The molecule has 2 saturated heterocycles. The molecule has 2 aliphatic rings. The molecule has 0 bridgehead atoms. The molecular weight excluding hydrogens is 140 g/mol. The molecule has 2 rings (SSSR count). The van der Waals surface area contributed by atoms with Crippen molar-refractivity contribution in [1.29, 1.82) is 0 Å². The van der Waals surface area contributed by atoms with Crippen molar-refractivity contribution in [3.05, 3.63) is 0 Å². The summed E-state index contributed by atoms with van der Waals surface area (Å²) in [7, 11) is 0. The molecule has 11 heavy (non-hydrogen) atoms. The van der Waals surface area contributed by atoms with Gasteiger partial charge < -0.3 is 15.4 Å². The SMILES string of the molecule is C(CC1CNC1)NC1COC1. The molecule has 2 fully saturated rings. The maximum absolute atomic E-state index is 5.06. The van der Waals surface area contributed by atoms with Crippen LogP contribution in [0.2, 0.25) is 0 Å². The summed E-state index contributed by atoms with van der Waals surface area (Å²) >= 11 is 0. The van der Waals surface area contributed by atoms with Gasteiger partial charge in [0, 0.05) is 0 Å². The highest BCUT2D eigenvalue weighted by molar-refractivity contribution is 4.78. The highest BCUT2D eigenvalue weighted by Crippen LogP contribution is 2.07. The van der Waals surface area contributed by atoms with Crippen LogP contribution in [0.25, 0.3) is 0 Å². The van der Waals surface area contributed by atoms with E-state index in [-0.39, 0.29) is 0 Å². The molecule has 64 valence electrons. The number of rotatable bonds is 4. The molecule has 2 heterocycles. The summed E-state index contributed by atoms with van der Waals surface area (Å²) < 4.78 is 5.06. The lowest BCUT2D eigenvalue weighted by molar-refractivity contribution is -0.00556. The first-order valence-electron chi connectivity index (χ1n) is 4.47. The van der Waals surface area contributed by atoms with Gasteiger partial charge >= 0.3 is 0 Å². The fraction of sp³-hybridized carbons (Fsp3) is 1.00. The Morgan fingerprint density at radius 2 is 2.18 bits per heavy atom. The van der Waals surface area contributed by atoms with Gasteiger partial charge in [-0.15, -0.1) is 0 Å². The second-order valence-electron chi connectivity index (χ2n) is 3.50. The highest BCUT2D eigenvalue weighted by Gasteiger charge is 2.19. The summed E-state index contributed by atoms with van der Waals surface area (Å²) in [6.07, 6.45) is 1.32. The Bertz CT molecular complexity index is 107. The molecule has 0 aromatic rings. The van der Waals surface area contributed by atoms with Crippen LogP contribution in [0.4, 0.5) is 0 Å². The first-order valence-corrected chi connectivity index (χ1v) is 4.47. The minimum Gasteiger partial charge on any atom is -0.378 e. The Morgan fingerprint density at radius 3 is 2.64 bits per heavy atom. The van der Waals surface area contributed by atoms with Crippen molar-refractivity contribution in [3.8, 4) is 0 Å². The summed E-state index contributed by atoms with van der Waals surface area (Å²) in [6, 6.07) is 0.656. The van der Waals surface area contributed by atoms with Crippen LogP contribution in [0.15, 0.2) is 0 Å². The Balaban J connectivity index is 1.46. The van der Waals surface area contributed by atoms with Crippen molar-refractivity contribution < 1.29 is 4.74 Å². The van der Waals surface area contributed by atoms with E-state index >= 15 is 0 Å². The lowest BCUT2D eigenvalue weighted by Gasteiger charge is -2.30. The third-order valence-electron chi connectivity index (χ3n) is 2.49. The third kappa shape index (κ3) is 1.92. The molecule has 2 N–H and O–H groups in total. The lowest BCUT2D eigenvalue weighted by atomic mass is 9.99. The minimum atomic E-state index is 0.656. The lowest BCUT2D eigenvalue weighted by Crippen LogP contribution is -2.48. The van der Waals surface area contributed by atoms with Gasteiger partial charge in [0.05, 0.1) is 19.3 Å².